The fourth-order valence-electron chi connectivity index (χ4n) is 2.95. The van der Waals surface area contributed by atoms with Gasteiger partial charge in [0.1, 0.15) is 5.75 Å². The van der Waals surface area contributed by atoms with Crippen LogP contribution >= 0.6 is 42.4 Å². The molecule has 1 N–H and O–H groups in total. The number of benzene rings is 3. The molecule has 0 heterocycles. The Bertz CT molecular complexity index is 1030. The normalized spacial score (nSPS) is 16.4. The van der Waals surface area contributed by atoms with Gasteiger partial charge in [-0.1, -0.05) is 64.1 Å². The summed E-state index contributed by atoms with van der Waals surface area (Å²) < 4.78 is 39.3. The second kappa shape index (κ2) is 9.86. The average molecular weight is 527 g/mol. The van der Waals surface area contributed by atoms with E-state index < -0.39 is 19.5 Å². The van der Waals surface area contributed by atoms with Gasteiger partial charge in [0.05, 0.1) is 4.90 Å². The van der Waals surface area contributed by atoms with E-state index in [0.717, 1.165) is 16.2 Å². The molecule has 5 nitrogen and oxygen atoms in total. The Morgan fingerprint density at radius 2 is 1.30 bits per heavy atom. The number of rotatable bonds is 8. The van der Waals surface area contributed by atoms with Gasteiger partial charge in [0.15, 0.2) is 4.73 Å². The highest BCUT2D eigenvalue weighted by Crippen LogP contribution is 2.72. The Balaban J connectivity index is 2.24. The van der Waals surface area contributed by atoms with Crippen LogP contribution in [0.15, 0.2) is 88.2 Å². The first-order valence-electron chi connectivity index (χ1n) is 8.92. The molecule has 2 atom stereocenters. The van der Waals surface area contributed by atoms with Crippen molar-refractivity contribution >= 4 is 53.0 Å². The van der Waals surface area contributed by atoms with Gasteiger partial charge in [0.25, 0.3) is 14.7 Å². The molecule has 0 aromatic heterocycles. The van der Waals surface area contributed by atoms with Crippen LogP contribution in [0.1, 0.15) is 0 Å². The Labute approximate surface area is 188 Å². The number of hydrogen-bond acceptors (Lipinski definition) is 6. The third-order valence-corrected chi connectivity index (χ3v) is 14.2. The van der Waals surface area contributed by atoms with Crippen LogP contribution in [-0.4, -0.2) is 24.1 Å². The van der Waals surface area contributed by atoms with Crippen molar-refractivity contribution in [3.63, 3.8) is 0 Å². The van der Waals surface area contributed by atoms with E-state index in [1.807, 2.05) is 0 Å². The first kappa shape index (κ1) is 23.3. The van der Waals surface area contributed by atoms with Crippen molar-refractivity contribution in [3.05, 3.63) is 83.3 Å². The summed E-state index contributed by atoms with van der Waals surface area (Å²) in [5.74, 6) is -0.0142. The van der Waals surface area contributed by atoms with E-state index in [1.54, 1.807) is 72.8 Å². The van der Waals surface area contributed by atoms with E-state index in [1.165, 1.54) is 20.3 Å². The van der Waals surface area contributed by atoms with Crippen LogP contribution in [0.25, 0.3) is 0 Å². The highest BCUT2D eigenvalue weighted by molar-refractivity contribution is 9.10. The molecule has 0 bridgehead atoms. The number of thioether (sulfide) groups is 1. The van der Waals surface area contributed by atoms with Gasteiger partial charge in [-0.05, 0) is 42.5 Å². The summed E-state index contributed by atoms with van der Waals surface area (Å²) in [6.07, 6.45) is 0. The maximum atomic E-state index is 14.3. The van der Waals surface area contributed by atoms with Crippen molar-refractivity contribution in [1.29, 1.82) is 0 Å². The molecular weight excluding hydrogens is 506 g/mol. The van der Waals surface area contributed by atoms with Crippen molar-refractivity contribution in [2.24, 2.45) is 0 Å². The third-order valence-electron chi connectivity index (χ3n) is 4.51. The smallest absolute Gasteiger partial charge is 0.254 e. The number of aromatic hydroxyl groups is 1. The maximum absolute atomic E-state index is 14.3. The van der Waals surface area contributed by atoms with Gasteiger partial charge in [-0.25, -0.2) is 0 Å². The van der Waals surface area contributed by atoms with Crippen molar-refractivity contribution < 1.29 is 23.3 Å². The van der Waals surface area contributed by atoms with Gasteiger partial charge in [-0.3, -0.25) is 9.13 Å². The van der Waals surface area contributed by atoms with E-state index in [2.05, 4.69) is 15.9 Å². The predicted molar refractivity (Wildman–Crippen MR) is 127 cm³/mol. The maximum Gasteiger partial charge on any atom is 0.254 e. The summed E-state index contributed by atoms with van der Waals surface area (Å²) in [6, 6.07) is 22.2. The van der Waals surface area contributed by atoms with Crippen LogP contribution in [-0.2, 0) is 18.2 Å². The number of hydrogen-bond donors (Lipinski definition) is 1. The molecule has 0 saturated heterocycles. The molecular formula is C21H21BrO5P2S. The highest BCUT2D eigenvalue weighted by atomic mass is 79.9. The number of phenols is 1. The fourth-order valence-corrected chi connectivity index (χ4v) is 12.5. The molecule has 3 rings (SSSR count). The molecule has 0 aliphatic heterocycles. The van der Waals surface area contributed by atoms with Gasteiger partial charge < -0.3 is 14.2 Å². The summed E-state index contributed by atoms with van der Waals surface area (Å²) in [5, 5.41) is 11.2. The minimum Gasteiger partial charge on any atom is -0.507 e. The molecule has 0 aliphatic rings. The van der Waals surface area contributed by atoms with Gasteiger partial charge >= 0.3 is 0 Å². The van der Waals surface area contributed by atoms with Crippen LogP contribution in [0.2, 0.25) is 0 Å². The lowest BCUT2D eigenvalue weighted by molar-refractivity contribution is 0.389. The van der Waals surface area contributed by atoms with Crippen LogP contribution in [0, 0.1) is 0 Å². The first-order valence-corrected chi connectivity index (χ1v) is 14.0. The van der Waals surface area contributed by atoms with Gasteiger partial charge in [0, 0.05) is 29.3 Å². The molecule has 30 heavy (non-hydrogen) atoms. The van der Waals surface area contributed by atoms with E-state index >= 15 is 0 Å². The molecule has 0 spiro atoms. The Morgan fingerprint density at radius 3 is 1.73 bits per heavy atom. The zero-order valence-corrected chi connectivity index (χ0v) is 20.5. The largest absolute Gasteiger partial charge is 0.507 e. The van der Waals surface area contributed by atoms with Crippen LogP contribution < -0.4 is 10.6 Å². The van der Waals surface area contributed by atoms with Gasteiger partial charge in [-0.15, -0.1) is 0 Å². The zero-order chi connectivity index (χ0) is 21.8. The molecule has 0 saturated carbocycles. The predicted octanol–water partition coefficient (Wildman–Crippen LogP) is 6.03. The minimum atomic E-state index is -3.72. The standard InChI is InChI=1S/C21H21BrO5P2S/c1-26-28(24,17-9-5-3-6-10-17)21(30-20-15-16(22)13-14-19(20)23)29(25,27-2)18-11-7-4-8-12-18/h3-15,21,23H,1-2H3. The molecule has 158 valence electrons. The van der Waals surface area contributed by atoms with Crippen molar-refractivity contribution in [2.75, 3.05) is 14.2 Å². The second-order valence-corrected chi connectivity index (χ2v) is 14.6. The Morgan fingerprint density at radius 1 is 0.833 bits per heavy atom. The molecule has 0 amide bonds. The molecule has 9 heteroatoms. The highest BCUT2D eigenvalue weighted by Gasteiger charge is 2.50. The van der Waals surface area contributed by atoms with Gasteiger partial charge in [0.2, 0.25) is 0 Å². The van der Waals surface area contributed by atoms with Crippen molar-refractivity contribution in [3.8, 4) is 5.75 Å². The van der Waals surface area contributed by atoms with Crippen LogP contribution in [0.5, 0.6) is 5.75 Å². The third kappa shape index (κ3) is 4.62. The zero-order valence-electron chi connectivity index (χ0n) is 16.3. The summed E-state index contributed by atoms with van der Waals surface area (Å²) >= 11 is 4.41. The molecule has 2 unspecified atom stereocenters. The Hall–Kier alpha value is -1.33. The molecule has 0 fully saturated rings. The summed E-state index contributed by atoms with van der Waals surface area (Å²) in [7, 11) is -4.76. The first-order chi connectivity index (χ1) is 14.3. The second-order valence-electron chi connectivity index (χ2n) is 6.29. The topological polar surface area (TPSA) is 72.8 Å². The summed E-state index contributed by atoms with van der Waals surface area (Å²) in [4.78, 5) is 0.413. The lowest BCUT2D eigenvalue weighted by Gasteiger charge is -2.32. The number of halogens is 1. The van der Waals surface area contributed by atoms with E-state index in [-0.39, 0.29) is 5.75 Å². The molecule has 0 aliphatic carbocycles. The van der Waals surface area contributed by atoms with Crippen molar-refractivity contribution in [2.45, 2.75) is 9.63 Å². The number of phenolic OH excluding ortho intramolecular Hbond substituents is 1. The lowest BCUT2D eigenvalue weighted by atomic mass is 10.3. The molecule has 3 aromatic rings. The average Bonchev–Trinajstić information content (AvgIpc) is 2.79. The van der Waals surface area contributed by atoms with Gasteiger partial charge in [-0.2, -0.15) is 0 Å². The molecule has 3 aromatic carbocycles. The summed E-state index contributed by atoms with van der Waals surface area (Å²) in [6.45, 7) is 0. The lowest BCUT2D eigenvalue weighted by Crippen LogP contribution is -2.22. The van der Waals surface area contributed by atoms with E-state index in [0.29, 0.717) is 15.5 Å². The van der Waals surface area contributed by atoms with Crippen LogP contribution in [0.3, 0.4) is 0 Å². The van der Waals surface area contributed by atoms with E-state index in [4.69, 9.17) is 9.05 Å². The summed E-state index contributed by atoms with van der Waals surface area (Å²) in [5.41, 5.74) is 0. The minimum absolute atomic E-state index is 0.0142. The van der Waals surface area contributed by atoms with Crippen molar-refractivity contribution in [1.82, 2.24) is 0 Å². The monoisotopic (exact) mass is 526 g/mol. The SMILES string of the molecule is COP(=O)(c1ccccc1)C(Sc1cc(Br)ccc1O)P(=O)(OC)c1ccccc1. The Kier molecular flexibility index (Phi) is 7.67. The fraction of sp³-hybridized carbons (Fsp3) is 0.143. The van der Waals surface area contributed by atoms with E-state index in [9.17, 15) is 14.2 Å². The quantitative estimate of drug-likeness (QED) is 0.285. The molecule has 0 radical (unpaired) electrons. The van der Waals surface area contributed by atoms with Crippen LogP contribution in [0.4, 0.5) is 0 Å².